The van der Waals surface area contributed by atoms with E-state index < -0.39 is 0 Å². The number of rotatable bonds is 7. The molecule has 2 aromatic rings. The molecule has 7 nitrogen and oxygen atoms in total. The molecule has 1 heterocycles. The van der Waals surface area contributed by atoms with Crippen molar-refractivity contribution in [3.8, 4) is 23.1 Å². The summed E-state index contributed by atoms with van der Waals surface area (Å²) in [5, 5.41) is 4.32. The topological polar surface area (TPSA) is 75.5 Å². The molecule has 0 saturated carbocycles. The normalized spacial score (nSPS) is 10.3. The van der Waals surface area contributed by atoms with Crippen LogP contribution in [0.15, 0.2) is 24.3 Å². The van der Waals surface area contributed by atoms with Gasteiger partial charge in [-0.15, -0.1) is 5.10 Å². The van der Waals surface area contributed by atoms with E-state index in [9.17, 15) is 4.79 Å². The number of aromatic nitrogens is 3. The molecule has 22 heavy (non-hydrogen) atoms. The van der Waals surface area contributed by atoms with Crippen LogP contribution in [0.3, 0.4) is 0 Å². The average Bonchev–Trinajstić information content (AvgIpc) is 2.91. The van der Waals surface area contributed by atoms with Crippen LogP contribution in [0.4, 0.5) is 0 Å². The standard InChI is InChI=1S/C15H19N3O4/c1-4-21-13(19)10-18-15(22-5-2)16-14(17-18)11-6-8-12(20-3)9-7-11/h6-9H,4-5,10H2,1-3H3. The molecule has 0 unspecified atom stereocenters. The molecule has 2 rings (SSSR count). The first-order valence-electron chi connectivity index (χ1n) is 7.05. The molecule has 0 spiro atoms. The first-order chi connectivity index (χ1) is 10.7. The second-order valence-electron chi connectivity index (χ2n) is 4.34. The van der Waals surface area contributed by atoms with E-state index in [4.69, 9.17) is 14.2 Å². The Morgan fingerprint density at radius 3 is 2.50 bits per heavy atom. The van der Waals surface area contributed by atoms with Gasteiger partial charge in [0.1, 0.15) is 12.3 Å². The van der Waals surface area contributed by atoms with Gasteiger partial charge in [-0.25, -0.2) is 4.68 Å². The van der Waals surface area contributed by atoms with Crippen LogP contribution >= 0.6 is 0 Å². The Bertz CT molecular complexity index is 622. The highest BCUT2D eigenvalue weighted by Crippen LogP contribution is 2.22. The van der Waals surface area contributed by atoms with Gasteiger partial charge in [0.25, 0.3) is 0 Å². The third-order valence-electron chi connectivity index (χ3n) is 2.84. The van der Waals surface area contributed by atoms with E-state index in [1.807, 2.05) is 31.2 Å². The lowest BCUT2D eigenvalue weighted by molar-refractivity contribution is -0.144. The maximum Gasteiger partial charge on any atom is 0.327 e. The first kappa shape index (κ1) is 15.8. The van der Waals surface area contributed by atoms with E-state index in [1.54, 1.807) is 14.0 Å². The van der Waals surface area contributed by atoms with Crippen LogP contribution in [0.5, 0.6) is 11.8 Å². The number of hydrogen-bond acceptors (Lipinski definition) is 6. The Labute approximate surface area is 128 Å². The SMILES string of the molecule is CCOC(=O)Cn1nc(-c2ccc(OC)cc2)nc1OCC. The Hall–Kier alpha value is -2.57. The van der Waals surface area contributed by atoms with Gasteiger partial charge in [0, 0.05) is 5.56 Å². The molecule has 0 radical (unpaired) electrons. The van der Waals surface area contributed by atoms with Gasteiger partial charge in [0.15, 0.2) is 5.82 Å². The van der Waals surface area contributed by atoms with Crippen molar-refractivity contribution >= 4 is 5.97 Å². The summed E-state index contributed by atoms with van der Waals surface area (Å²) in [6, 6.07) is 7.63. The first-order valence-corrected chi connectivity index (χ1v) is 7.05. The van der Waals surface area contributed by atoms with E-state index in [0.717, 1.165) is 11.3 Å². The highest BCUT2D eigenvalue weighted by molar-refractivity contribution is 5.69. The highest BCUT2D eigenvalue weighted by atomic mass is 16.5. The molecule has 118 valence electrons. The summed E-state index contributed by atoms with van der Waals surface area (Å²) >= 11 is 0. The van der Waals surface area contributed by atoms with E-state index in [1.165, 1.54) is 4.68 Å². The van der Waals surface area contributed by atoms with Gasteiger partial charge in [0.05, 0.1) is 20.3 Å². The third-order valence-corrected chi connectivity index (χ3v) is 2.84. The highest BCUT2D eigenvalue weighted by Gasteiger charge is 2.15. The van der Waals surface area contributed by atoms with Crippen molar-refractivity contribution in [3.63, 3.8) is 0 Å². The summed E-state index contributed by atoms with van der Waals surface area (Å²) in [5.74, 6) is 0.852. The van der Waals surface area contributed by atoms with Gasteiger partial charge in [-0.1, -0.05) is 0 Å². The summed E-state index contributed by atoms with van der Waals surface area (Å²) in [7, 11) is 1.61. The van der Waals surface area contributed by atoms with E-state index in [2.05, 4.69) is 10.1 Å². The fraction of sp³-hybridized carbons (Fsp3) is 0.400. The Kier molecular flexibility index (Phi) is 5.35. The summed E-state index contributed by atoms with van der Waals surface area (Å²) in [6.45, 7) is 4.32. The van der Waals surface area contributed by atoms with Crippen molar-refractivity contribution in [2.45, 2.75) is 20.4 Å². The predicted molar refractivity (Wildman–Crippen MR) is 79.8 cm³/mol. The molecule has 0 aliphatic carbocycles. The van der Waals surface area contributed by atoms with Crippen molar-refractivity contribution in [2.75, 3.05) is 20.3 Å². The minimum absolute atomic E-state index is 0.0354. The summed E-state index contributed by atoms with van der Waals surface area (Å²) in [6.07, 6.45) is 0. The van der Waals surface area contributed by atoms with Gasteiger partial charge in [-0.05, 0) is 38.1 Å². The molecule has 0 atom stereocenters. The largest absolute Gasteiger partial charge is 0.497 e. The molecular weight excluding hydrogens is 286 g/mol. The summed E-state index contributed by atoms with van der Waals surface area (Å²) in [4.78, 5) is 15.9. The molecule has 0 aliphatic rings. The fourth-order valence-electron chi connectivity index (χ4n) is 1.86. The zero-order valence-corrected chi connectivity index (χ0v) is 12.9. The van der Waals surface area contributed by atoms with E-state index in [0.29, 0.717) is 25.0 Å². The number of nitrogens with zero attached hydrogens (tertiary/aromatic N) is 3. The smallest absolute Gasteiger partial charge is 0.327 e. The van der Waals surface area contributed by atoms with Gasteiger partial charge >= 0.3 is 12.0 Å². The third kappa shape index (κ3) is 3.75. The molecule has 0 saturated heterocycles. The van der Waals surface area contributed by atoms with Crippen molar-refractivity contribution in [3.05, 3.63) is 24.3 Å². The van der Waals surface area contributed by atoms with Crippen LogP contribution in [-0.4, -0.2) is 41.1 Å². The number of carbonyl (C=O) groups excluding carboxylic acids is 1. The molecule has 0 amide bonds. The van der Waals surface area contributed by atoms with Gasteiger partial charge in [-0.3, -0.25) is 4.79 Å². The number of methoxy groups -OCH3 is 1. The molecule has 1 aromatic heterocycles. The number of hydrogen-bond donors (Lipinski definition) is 0. The van der Waals surface area contributed by atoms with Crippen molar-refractivity contribution in [2.24, 2.45) is 0 Å². The van der Waals surface area contributed by atoms with Gasteiger partial charge in [-0.2, -0.15) is 4.98 Å². The van der Waals surface area contributed by atoms with Crippen LogP contribution in [0.2, 0.25) is 0 Å². The summed E-state index contributed by atoms with van der Waals surface area (Å²) < 4.78 is 16.9. The lowest BCUT2D eigenvalue weighted by atomic mass is 10.2. The monoisotopic (exact) mass is 305 g/mol. The molecule has 0 fully saturated rings. The quantitative estimate of drug-likeness (QED) is 0.727. The summed E-state index contributed by atoms with van der Waals surface area (Å²) in [5.41, 5.74) is 0.810. The van der Waals surface area contributed by atoms with Crippen LogP contribution in [-0.2, 0) is 16.1 Å². The lowest BCUT2D eigenvalue weighted by Crippen LogP contribution is -2.16. The van der Waals surface area contributed by atoms with E-state index in [-0.39, 0.29) is 12.5 Å². The molecule has 0 bridgehead atoms. The predicted octanol–water partition coefficient (Wildman–Crippen LogP) is 1.92. The number of benzene rings is 1. The van der Waals surface area contributed by atoms with Gasteiger partial charge in [0.2, 0.25) is 0 Å². The molecule has 0 N–H and O–H groups in total. The number of ether oxygens (including phenoxy) is 3. The Morgan fingerprint density at radius 2 is 1.91 bits per heavy atom. The van der Waals surface area contributed by atoms with Crippen molar-refractivity contribution in [1.82, 2.24) is 14.8 Å². The van der Waals surface area contributed by atoms with Crippen LogP contribution in [0, 0.1) is 0 Å². The Balaban J connectivity index is 2.26. The van der Waals surface area contributed by atoms with Gasteiger partial charge < -0.3 is 14.2 Å². The van der Waals surface area contributed by atoms with Crippen LogP contribution in [0.25, 0.3) is 11.4 Å². The minimum atomic E-state index is -0.380. The second kappa shape index (κ2) is 7.44. The number of carbonyl (C=O) groups is 1. The lowest BCUT2D eigenvalue weighted by Gasteiger charge is -2.04. The fourth-order valence-corrected chi connectivity index (χ4v) is 1.86. The molecule has 0 aliphatic heterocycles. The molecule has 1 aromatic carbocycles. The van der Waals surface area contributed by atoms with Crippen molar-refractivity contribution < 1.29 is 19.0 Å². The van der Waals surface area contributed by atoms with E-state index >= 15 is 0 Å². The van der Waals surface area contributed by atoms with Crippen LogP contribution in [0.1, 0.15) is 13.8 Å². The van der Waals surface area contributed by atoms with Crippen LogP contribution < -0.4 is 9.47 Å². The Morgan fingerprint density at radius 1 is 1.18 bits per heavy atom. The maximum atomic E-state index is 11.6. The minimum Gasteiger partial charge on any atom is -0.497 e. The van der Waals surface area contributed by atoms with Crippen molar-refractivity contribution in [1.29, 1.82) is 0 Å². The molecular formula is C15H19N3O4. The maximum absolute atomic E-state index is 11.6. The zero-order valence-electron chi connectivity index (χ0n) is 12.9. The zero-order chi connectivity index (χ0) is 15.9. The average molecular weight is 305 g/mol. The number of esters is 1. The second-order valence-corrected chi connectivity index (χ2v) is 4.34. The molecule has 7 heteroatoms.